The van der Waals surface area contributed by atoms with Crippen LogP contribution in [0.15, 0.2) is 47.0 Å². The Bertz CT molecular complexity index is 1280. The Kier molecular flexibility index (Phi) is 5.08. The van der Waals surface area contributed by atoms with Crippen molar-refractivity contribution in [3.8, 4) is 11.3 Å². The molecule has 168 valence electrons. The highest BCUT2D eigenvalue weighted by Gasteiger charge is 2.38. The zero-order chi connectivity index (χ0) is 23.3. The second kappa shape index (κ2) is 7.95. The van der Waals surface area contributed by atoms with Crippen LogP contribution in [0.5, 0.6) is 0 Å². The Morgan fingerprint density at radius 1 is 1.12 bits per heavy atom. The van der Waals surface area contributed by atoms with E-state index in [-0.39, 0.29) is 41.7 Å². The van der Waals surface area contributed by atoms with Crippen LogP contribution in [0, 0.1) is 5.82 Å². The van der Waals surface area contributed by atoms with Crippen LogP contribution in [-0.4, -0.2) is 45.3 Å². The van der Waals surface area contributed by atoms with Gasteiger partial charge in [0, 0.05) is 29.3 Å². The number of amides is 3. The molecule has 1 unspecified atom stereocenters. The lowest BCUT2D eigenvalue weighted by molar-refractivity contribution is 0.0593. The minimum absolute atomic E-state index is 0.209. The monoisotopic (exact) mass is 447 g/mol. The number of carbonyl (C=O) groups excluding carboxylic acids is 3. The first-order chi connectivity index (χ1) is 15.9. The molecule has 2 aromatic carbocycles. The predicted molar refractivity (Wildman–Crippen MR) is 117 cm³/mol. The van der Waals surface area contributed by atoms with Gasteiger partial charge in [0.1, 0.15) is 11.5 Å². The normalized spacial score (nSPS) is 16.1. The Morgan fingerprint density at radius 2 is 1.85 bits per heavy atom. The van der Waals surface area contributed by atoms with Crippen LogP contribution in [0.2, 0.25) is 0 Å². The van der Waals surface area contributed by atoms with Crippen molar-refractivity contribution in [1.82, 2.24) is 15.0 Å². The molecule has 3 aromatic rings. The molecule has 1 aromatic heterocycles. The number of fused-ring (bicyclic) bond motifs is 2. The van der Waals surface area contributed by atoms with Crippen molar-refractivity contribution >= 4 is 17.7 Å². The molecule has 0 aliphatic carbocycles. The summed E-state index contributed by atoms with van der Waals surface area (Å²) in [5.41, 5.74) is 3.25. The molecule has 0 saturated heterocycles. The number of hydrogen-bond acceptors (Lipinski definition) is 5. The van der Waals surface area contributed by atoms with Crippen LogP contribution in [0.1, 0.15) is 62.6 Å². The van der Waals surface area contributed by atoms with Crippen molar-refractivity contribution in [2.75, 3.05) is 6.54 Å². The zero-order valence-electron chi connectivity index (χ0n) is 18.3. The number of benzene rings is 2. The van der Waals surface area contributed by atoms with E-state index in [9.17, 15) is 18.8 Å². The van der Waals surface area contributed by atoms with Gasteiger partial charge in [-0.15, -0.1) is 0 Å². The number of aromatic nitrogens is 1. The summed E-state index contributed by atoms with van der Waals surface area (Å²) >= 11 is 0. The number of imide groups is 1. The number of rotatable bonds is 4. The fourth-order valence-electron chi connectivity index (χ4n) is 4.39. The van der Waals surface area contributed by atoms with Gasteiger partial charge in [0.05, 0.1) is 17.7 Å². The highest BCUT2D eigenvalue weighted by atomic mass is 19.1. The third kappa shape index (κ3) is 3.42. The van der Waals surface area contributed by atoms with E-state index in [0.717, 1.165) is 11.1 Å². The van der Waals surface area contributed by atoms with Gasteiger partial charge in [-0.2, -0.15) is 0 Å². The summed E-state index contributed by atoms with van der Waals surface area (Å²) in [7, 11) is 0. The maximum Gasteiger partial charge on any atom is 0.261 e. The van der Waals surface area contributed by atoms with Crippen molar-refractivity contribution in [1.29, 1.82) is 0 Å². The molecule has 5 rings (SSSR count). The molecule has 0 bridgehead atoms. The maximum atomic E-state index is 13.2. The van der Waals surface area contributed by atoms with Gasteiger partial charge in [-0.3, -0.25) is 19.3 Å². The maximum absolute atomic E-state index is 13.2. The standard InChI is InChI=1S/C25H22FN3O4/c1-3-14(2)29-24(31)18-9-6-16(12-20(18)25(29)32)23(30)28-11-10-19-21(13-28)27-33-22(19)15-4-7-17(26)8-5-15/h4-9,12,14H,3,10-11,13H2,1-2H3. The van der Waals surface area contributed by atoms with E-state index in [2.05, 4.69) is 5.16 Å². The molecule has 3 amide bonds. The molecule has 2 aliphatic heterocycles. The summed E-state index contributed by atoms with van der Waals surface area (Å²) in [4.78, 5) is 41.6. The van der Waals surface area contributed by atoms with Crippen LogP contribution in [0.25, 0.3) is 11.3 Å². The Hall–Kier alpha value is -3.81. The molecule has 0 N–H and O–H groups in total. The van der Waals surface area contributed by atoms with Gasteiger partial charge in [0.15, 0.2) is 5.76 Å². The van der Waals surface area contributed by atoms with Crippen LogP contribution in [0.3, 0.4) is 0 Å². The van der Waals surface area contributed by atoms with Crippen molar-refractivity contribution < 1.29 is 23.3 Å². The van der Waals surface area contributed by atoms with E-state index < -0.39 is 0 Å². The number of halogens is 1. The molecule has 2 aliphatic rings. The van der Waals surface area contributed by atoms with Crippen molar-refractivity contribution in [3.05, 3.63) is 76.2 Å². The second-order valence-electron chi connectivity index (χ2n) is 8.42. The largest absolute Gasteiger partial charge is 0.356 e. The Balaban J connectivity index is 1.38. The highest BCUT2D eigenvalue weighted by Crippen LogP contribution is 2.32. The van der Waals surface area contributed by atoms with E-state index in [1.807, 2.05) is 13.8 Å². The average Bonchev–Trinajstić information content (AvgIpc) is 3.36. The van der Waals surface area contributed by atoms with Gasteiger partial charge < -0.3 is 9.42 Å². The molecule has 7 nitrogen and oxygen atoms in total. The van der Waals surface area contributed by atoms with E-state index >= 15 is 0 Å². The van der Waals surface area contributed by atoms with Gasteiger partial charge in [-0.25, -0.2) is 4.39 Å². The lowest BCUT2D eigenvalue weighted by Gasteiger charge is -2.26. The SMILES string of the molecule is CCC(C)N1C(=O)c2ccc(C(=O)N3CCc4c(noc4-c4ccc(F)cc4)C3)cc2C1=O. The van der Waals surface area contributed by atoms with Crippen molar-refractivity contribution in [3.63, 3.8) is 0 Å². The lowest BCUT2D eigenvalue weighted by Crippen LogP contribution is -2.37. The van der Waals surface area contributed by atoms with Gasteiger partial charge in [-0.1, -0.05) is 12.1 Å². The van der Waals surface area contributed by atoms with Gasteiger partial charge in [0.25, 0.3) is 17.7 Å². The van der Waals surface area contributed by atoms with Crippen LogP contribution in [-0.2, 0) is 13.0 Å². The van der Waals surface area contributed by atoms with Gasteiger partial charge >= 0.3 is 0 Å². The number of hydrogen-bond donors (Lipinski definition) is 0. The smallest absolute Gasteiger partial charge is 0.261 e. The first kappa shape index (κ1) is 21.1. The van der Waals surface area contributed by atoms with Crippen LogP contribution in [0.4, 0.5) is 4.39 Å². The minimum atomic E-state index is -0.361. The summed E-state index contributed by atoms with van der Waals surface area (Å²) in [6, 6.07) is 10.5. The molecule has 8 heteroatoms. The molecule has 0 fully saturated rings. The summed E-state index contributed by atoms with van der Waals surface area (Å²) in [6.45, 7) is 4.46. The minimum Gasteiger partial charge on any atom is -0.356 e. The fourth-order valence-corrected chi connectivity index (χ4v) is 4.39. The summed E-state index contributed by atoms with van der Waals surface area (Å²) in [5, 5.41) is 4.13. The third-order valence-electron chi connectivity index (χ3n) is 6.43. The number of nitrogens with zero attached hydrogens (tertiary/aromatic N) is 3. The molecular formula is C25H22FN3O4. The first-order valence-corrected chi connectivity index (χ1v) is 10.9. The summed E-state index contributed by atoms with van der Waals surface area (Å²) in [6.07, 6.45) is 1.20. The molecule has 1 atom stereocenters. The summed E-state index contributed by atoms with van der Waals surface area (Å²) < 4.78 is 18.8. The number of carbonyl (C=O) groups is 3. The van der Waals surface area contributed by atoms with Crippen molar-refractivity contribution in [2.24, 2.45) is 0 Å². The van der Waals surface area contributed by atoms with E-state index in [1.165, 1.54) is 23.1 Å². The highest BCUT2D eigenvalue weighted by molar-refractivity contribution is 6.22. The Morgan fingerprint density at radius 3 is 2.58 bits per heavy atom. The molecule has 33 heavy (non-hydrogen) atoms. The third-order valence-corrected chi connectivity index (χ3v) is 6.43. The second-order valence-corrected chi connectivity index (χ2v) is 8.42. The zero-order valence-corrected chi connectivity index (χ0v) is 18.3. The topological polar surface area (TPSA) is 83.7 Å². The molecular weight excluding hydrogens is 425 g/mol. The van der Waals surface area contributed by atoms with Gasteiger partial charge in [0.2, 0.25) is 0 Å². The van der Waals surface area contributed by atoms with Crippen LogP contribution >= 0.6 is 0 Å². The molecule has 3 heterocycles. The van der Waals surface area contributed by atoms with Crippen LogP contribution < -0.4 is 0 Å². The molecule has 0 radical (unpaired) electrons. The van der Waals surface area contributed by atoms with E-state index in [0.29, 0.717) is 42.0 Å². The fraction of sp³-hybridized carbons (Fsp3) is 0.280. The quantitative estimate of drug-likeness (QED) is 0.563. The first-order valence-electron chi connectivity index (χ1n) is 10.9. The van der Waals surface area contributed by atoms with E-state index in [1.54, 1.807) is 29.2 Å². The Labute approximate surface area is 189 Å². The molecule has 0 saturated carbocycles. The average molecular weight is 447 g/mol. The van der Waals surface area contributed by atoms with Crippen molar-refractivity contribution in [2.45, 2.75) is 39.3 Å². The summed E-state index contributed by atoms with van der Waals surface area (Å²) in [5.74, 6) is -0.658. The predicted octanol–water partition coefficient (Wildman–Crippen LogP) is 4.07. The van der Waals surface area contributed by atoms with E-state index in [4.69, 9.17) is 4.52 Å². The molecule has 0 spiro atoms. The lowest BCUT2D eigenvalue weighted by atomic mass is 9.99. The van der Waals surface area contributed by atoms with Gasteiger partial charge in [-0.05, 0) is 62.2 Å².